The summed E-state index contributed by atoms with van der Waals surface area (Å²) in [6.07, 6.45) is 0.846. The van der Waals surface area contributed by atoms with Gasteiger partial charge in [0.1, 0.15) is 5.00 Å². The van der Waals surface area contributed by atoms with E-state index in [9.17, 15) is 9.59 Å². The molecule has 2 heterocycles. The highest BCUT2D eigenvalue weighted by atomic mass is 32.2. The molecule has 1 aromatic carbocycles. The molecule has 1 atom stereocenters. The van der Waals surface area contributed by atoms with E-state index in [1.807, 2.05) is 18.2 Å². The molecule has 8 heteroatoms. The first kappa shape index (κ1) is 17.6. The van der Waals surface area contributed by atoms with Crippen molar-refractivity contribution < 1.29 is 19.1 Å². The lowest BCUT2D eigenvalue weighted by Gasteiger charge is -2.13. The van der Waals surface area contributed by atoms with Crippen molar-refractivity contribution in [2.24, 2.45) is 5.73 Å². The Labute approximate surface area is 153 Å². The van der Waals surface area contributed by atoms with Crippen molar-refractivity contribution >= 4 is 39.9 Å². The van der Waals surface area contributed by atoms with Crippen LogP contribution in [0.25, 0.3) is 0 Å². The Morgan fingerprint density at radius 3 is 2.76 bits per heavy atom. The van der Waals surface area contributed by atoms with Crippen molar-refractivity contribution in [1.29, 1.82) is 0 Å². The number of ether oxygens (including phenoxy) is 2. The Balaban J connectivity index is 1.66. The molecule has 132 valence electrons. The molecule has 3 N–H and O–H groups in total. The summed E-state index contributed by atoms with van der Waals surface area (Å²) in [5.41, 5.74) is 5.62. The Morgan fingerprint density at radius 2 is 2.00 bits per heavy atom. The third kappa shape index (κ3) is 4.26. The minimum Gasteiger partial charge on any atom is -0.490 e. The van der Waals surface area contributed by atoms with E-state index in [2.05, 4.69) is 5.32 Å². The molecule has 0 aliphatic carbocycles. The van der Waals surface area contributed by atoms with Gasteiger partial charge in [-0.15, -0.1) is 23.1 Å². The van der Waals surface area contributed by atoms with Crippen LogP contribution in [-0.2, 0) is 4.79 Å². The van der Waals surface area contributed by atoms with Crippen LogP contribution in [-0.4, -0.2) is 30.3 Å². The highest BCUT2D eigenvalue weighted by Crippen LogP contribution is 2.35. The van der Waals surface area contributed by atoms with E-state index < -0.39 is 5.91 Å². The van der Waals surface area contributed by atoms with Crippen molar-refractivity contribution in [3.63, 3.8) is 0 Å². The summed E-state index contributed by atoms with van der Waals surface area (Å²) in [6, 6.07) is 7.25. The van der Waals surface area contributed by atoms with E-state index >= 15 is 0 Å². The van der Waals surface area contributed by atoms with Crippen LogP contribution in [0.2, 0.25) is 0 Å². The number of hydrogen-bond acceptors (Lipinski definition) is 6. The molecule has 25 heavy (non-hydrogen) atoms. The maximum atomic E-state index is 12.4. The van der Waals surface area contributed by atoms with E-state index in [0.29, 0.717) is 29.5 Å². The van der Waals surface area contributed by atoms with Gasteiger partial charge in [-0.05, 0) is 36.6 Å². The number of carbonyl (C=O) groups is 2. The molecule has 0 spiro atoms. The summed E-state index contributed by atoms with van der Waals surface area (Å²) < 4.78 is 11.3. The molecule has 3 rings (SSSR count). The summed E-state index contributed by atoms with van der Waals surface area (Å²) in [7, 11) is 0. The Kier molecular flexibility index (Phi) is 5.50. The summed E-state index contributed by atoms with van der Waals surface area (Å²) in [4.78, 5) is 24.6. The average Bonchev–Trinajstić information content (AvgIpc) is 2.92. The second-order valence-corrected chi connectivity index (χ2v) is 7.77. The fourth-order valence-corrected chi connectivity index (χ4v) is 3.98. The van der Waals surface area contributed by atoms with E-state index in [0.717, 1.165) is 17.1 Å². The fraction of sp³-hybridized carbons (Fsp3) is 0.294. The van der Waals surface area contributed by atoms with Crippen molar-refractivity contribution in [1.82, 2.24) is 0 Å². The number of anilines is 1. The number of thioether (sulfide) groups is 1. The lowest BCUT2D eigenvalue weighted by molar-refractivity contribution is -0.115. The van der Waals surface area contributed by atoms with Crippen molar-refractivity contribution in [2.45, 2.75) is 23.5 Å². The molecule has 0 radical (unpaired) electrons. The van der Waals surface area contributed by atoms with Crippen molar-refractivity contribution in [3.8, 4) is 11.5 Å². The molecule has 0 fully saturated rings. The highest BCUT2D eigenvalue weighted by molar-refractivity contribution is 8.00. The molecule has 1 aliphatic rings. The second kappa shape index (κ2) is 7.79. The van der Waals surface area contributed by atoms with Gasteiger partial charge in [0.05, 0.1) is 24.0 Å². The monoisotopic (exact) mass is 378 g/mol. The minimum atomic E-state index is -0.556. The molecule has 2 aromatic rings. The van der Waals surface area contributed by atoms with E-state index in [1.54, 1.807) is 18.4 Å². The second-order valence-electron chi connectivity index (χ2n) is 5.44. The van der Waals surface area contributed by atoms with Gasteiger partial charge in [-0.3, -0.25) is 9.59 Å². The molecule has 2 amide bonds. The molecule has 0 saturated carbocycles. The van der Waals surface area contributed by atoms with Gasteiger partial charge in [-0.2, -0.15) is 0 Å². The van der Waals surface area contributed by atoms with Gasteiger partial charge in [0, 0.05) is 11.3 Å². The number of fused-ring (bicyclic) bond motifs is 1. The molecular weight excluding hydrogens is 360 g/mol. The Hall–Kier alpha value is -2.19. The normalized spacial score (nSPS) is 14.4. The zero-order valence-corrected chi connectivity index (χ0v) is 15.2. The summed E-state index contributed by atoms with van der Waals surface area (Å²) in [5, 5.41) is 4.61. The van der Waals surface area contributed by atoms with E-state index in [1.165, 1.54) is 23.1 Å². The molecule has 1 aliphatic heterocycles. The van der Waals surface area contributed by atoms with E-state index in [4.69, 9.17) is 15.2 Å². The number of nitrogens with two attached hydrogens (primary N) is 1. The van der Waals surface area contributed by atoms with Crippen LogP contribution in [0.4, 0.5) is 5.00 Å². The number of hydrogen-bond donors (Lipinski definition) is 2. The van der Waals surface area contributed by atoms with Crippen LogP contribution in [0.5, 0.6) is 11.5 Å². The van der Waals surface area contributed by atoms with Gasteiger partial charge in [0.2, 0.25) is 5.91 Å². The minimum absolute atomic E-state index is 0.193. The number of rotatable bonds is 5. The van der Waals surface area contributed by atoms with Crippen LogP contribution >= 0.6 is 23.1 Å². The molecule has 6 nitrogen and oxygen atoms in total. The third-order valence-corrected chi connectivity index (χ3v) is 5.49. The summed E-state index contributed by atoms with van der Waals surface area (Å²) in [5.74, 6) is 0.676. The molecule has 0 unspecified atom stereocenters. The number of carbonyl (C=O) groups excluding carboxylic acids is 2. The number of benzene rings is 1. The average molecular weight is 378 g/mol. The van der Waals surface area contributed by atoms with Crippen molar-refractivity contribution in [3.05, 3.63) is 35.2 Å². The lowest BCUT2D eigenvalue weighted by atomic mass is 10.3. The number of thiophene rings is 1. The molecule has 0 bridgehead atoms. The highest BCUT2D eigenvalue weighted by Gasteiger charge is 2.19. The number of primary amides is 1. The molecule has 1 aromatic heterocycles. The predicted octanol–water partition coefficient (Wildman–Crippen LogP) is 3.13. The zero-order valence-electron chi connectivity index (χ0n) is 13.6. The van der Waals surface area contributed by atoms with Crippen molar-refractivity contribution in [2.75, 3.05) is 18.5 Å². The fourth-order valence-electron chi connectivity index (χ4n) is 2.29. The van der Waals surface area contributed by atoms with Crippen LogP contribution in [0.1, 0.15) is 23.7 Å². The smallest absolute Gasteiger partial charge is 0.251 e. The number of amides is 2. The standard InChI is InChI=1S/C17H18N2O4S2/c1-10(16(21)19-17-12(15(18)20)5-8-24-17)25-11-3-4-13-14(9-11)23-7-2-6-22-13/h3-5,8-10H,2,6-7H2,1H3,(H2,18,20)(H,19,21)/t10-/m1/s1. The van der Waals surface area contributed by atoms with E-state index in [-0.39, 0.29) is 11.2 Å². The van der Waals surface area contributed by atoms with Crippen LogP contribution in [0, 0.1) is 0 Å². The Morgan fingerprint density at radius 1 is 1.24 bits per heavy atom. The van der Waals surface area contributed by atoms with Gasteiger partial charge < -0.3 is 20.5 Å². The first-order valence-electron chi connectivity index (χ1n) is 7.79. The predicted molar refractivity (Wildman–Crippen MR) is 98.8 cm³/mol. The first-order valence-corrected chi connectivity index (χ1v) is 9.55. The number of nitrogens with one attached hydrogen (secondary N) is 1. The quantitative estimate of drug-likeness (QED) is 0.780. The van der Waals surface area contributed by atoms with Gasteiger partial charge in [0.25, 0.3) is 5.91 Å². The Bertz CT molecular complexity index is 791. The third-order valence-electron chi connectivity index (χ3n) is 3.57. The maximum Gasteiger partial charge on any atom is 0.251 e. The lowest BCUT2D eigenvalue weighted by Crippen LogP contribution is -2.23. The maximum absolute atomic E-state index is 12.4. The van der Waals surface area contributed by atoms with Crippen LogP contribution in [0.15, 0.2) is 34.5 Å². The van der Waals surface area contributed by atoms with Crippen LogP contribution in [0.3, 0.4) is 0 Å². The first-order chi connectivity index (χ1) is 12.0. The summed E-state index contributed by atoms with van der Waals surface area (Å²) >= 11 is 2.68. The van der Waals surface area contributed by atoms with Gasteiger partial charge in [-0.1, -0.05) is 0 Å². The largest absolute Gasteiger partial charge is 0.490 e. The van der Waals surface area contributed by atoms with Crippen LogP contribution < -0.4 is 20.5 Å². The summed E-state index contributed by atoms with van der Waals surface area (Å²) in [6.45, 7) is 3.06. The zero-order chi connectivity index (χ0) is 17.8. The van der Waals surface area contributed by atoms with Gasteiger partial charge in [-0.25, -0.2) is 0 Å². The molecule has 0 saturated heterocycles. The molecular formula is C17H18N2O4S2. The van der Waals surface area contributed by atoms with Gasteiger partial charge in [0.15, 0.2) is 11.5 Å². The SMILES string of the molecule is C[C@@H](Sc1ccc2c(c1)OCCCO2)C(=O)Nc1sccc1C(N)=O. The topological polar surface area (TPSA) is 90.7 Å². The van der Waals surface area contributed by atoms with Gasteiger partial charge >= 0.3 is 0 Å².